The molecule has 3 N–H and O–H groups in total. The van der Waals surface area contributed by atoms with E-state index < -0.39 is 0 Å². The van der Waals surface area contributed by atoms with Gasteiger partial charge in [-0.1, -0.05) is 505 Å². The highest BCUT2D eigenvalue weighted by atomic mass is 32.2. The fourth-order valence-electron chi connectivity index (χ4n) is 13.2. The van der Waals surface area contributed by atoms with Gasteiger partial charge in [-0.2, -0.15) is 0 Å². The maximum Gasteiger partial charge on any atom is 0.257 e. The Morgan fingerprint density at radius 3 is 1.17 bits per heavy atom. The first-order chi connectivity index (χ1) is 74.6. The maximum atomic E-state index is 5.30. The Hall–Kier alpha value is -10.2. The zero-order chi connectivity index (χ0) is 116. The zero-order valence-electron chi connectivity index (χ0n) is 105. The summed E-state index contributed by atoms with van der Waals surface area (Å²) in [6.45, 7) is 96.2. The molecule has 0 saturated heterocycles. The van der Waals surface area contributed by atoms with Gasteiger partial charge < -0.3 is 48.2 Å². The highest BCUT2D eigenvalue weighted by Gasteiger charge is 2.14. The predicted octanol–water partition coefficient (Wildman–Crippen LogP) is 43.5. The fraction of sp³-hybridized carbons (Fsp3) is 0.500. The van der Waals surface area contributed by atoms with Gasteiger partial charge >= 0.3 is 0 Å². The standard InChI is InChI=1S/3C9H11N.C9H10O.C9H10.C8H9NS.C8H8O2.C8H8O.C8H6O.C8H6S.C7H7NO2.22C2H6/c2*1-2-6-9-8(4-1)5-3-7-10-9;2*1-2-4-9-7-10-6-5-8(9)3-1;1-2-5-9-7-3-6-8(9)4-1;1-2-4-8-7(3-1)5-6-10-9-8;1-2-4-8-7(3-1)5-9-6-10-8;3*1-2-4-8-7(3-1)5-6-9-8;1-2-6-7(8-3-1)10-5-4-9-6;22*1-2/h3,5,7H,1-2,4,6H2;1-2,4,6,10H,3,5,7H2;1-4,10H,5-7H2;1-4H,5-7H2;1-2,4-5H,3,6-7H2;1-4,9H,5-6H2;1-4H,5-6H2;1-4H,5-6H2;2*1-6H;1-3H,4-5H2;22*1-2H3. The molecule has 9 aliphatic rings. The number of nitrogens with zero attached hydrogens (tertiary/aromatic N) is 2. The number of thiophene rings is 1. The molecule has 0 saturated carbocycles. The number of fused-ring (bicyclic) bond motifs is 11. The van der Waals surface area contributed by atoms with Crippen molar-refractivity contribution >= 4 is 55.7 Å². The molecule has 0 radical (unpaired) electrons. The highest BCUT2D eigenvalue weighted by molar-refractivity contribution is 8.00. The van der Waals surface area contributed by atoms with Gasteiger partial charge in [-0.05, 0) is 217 Å². The van der Waals surface area contributed by atoms with E-state index in [4.69, 9.17) is 32.8 Å². The van der Waals surface area contributed by atoms with E-state index >= 15 is 0 Å². The highest BCUT2D eigenvalue weighted by Crippen LogP contribution is 2.29. The van der Waals surface area contributed by atoms with Crippen LogP contribution in [0.2, 0.25) is 0 Å². The minimum absolute atomic E-state index is 0.386. The van der Waals surface area contributed by atoms with Gasteiger partial charge in [0.05, 0.1) is 32.7 Å². The summed E-state index contributed by atoms with van der Waals surface area (Å²) >= 11 is 3.57. The van der Waals surface area contributed by atoms with E-state index in [-0.39, 0.29) is 0 Å². The smallest absolute Gasteiger partial charge is 0.257 e. The molecule has 0 atom stereocenters. The Balaban J connectivity index is -0.000000152. The van der Waals surface area contributed by atoms with Crippen LogP contribution in [0.1, 0.15) is 397 Å². The molecule has 150 heavy (non-hydrogen) atoms. The molecule has 22 rings (SSSR count). The van der Waals surface area contributed by atoms with E-state index in [1.54, 1.807) is 46.9 Å². The fourth-order valence-corrected chi connectivity index (χ4v) is 14.7. The Morgan fingerprint density at radius 1 is 0.260 bits per heavy atom. The number of hydrogen-bond donors (Lipinski definition) is 3. The number of aryl methyl sites for hydroxylation is 6. The summed E-state index contributed by atoms with van der Waals surface area (Å²) in [5.41, 5.74) is 20.7. The Labute approximate surface area is 936 Å². The van der Waals surface area contributed by atoms with Crippen molar-refractivity contribution < 1.29 is 32.8 Å². The van der Waals surface area contributed by atoms with Crippen molar-refractivity contribution in [2.24, 2.45) is 0 Å². The van der Waals surface area contributed by atoms with Crippen molar-refractivity contribution in [3.8, 4) is 23.1 Å². The lowest BCUT2D eigenvalue weighted by atomic mass is 9.96. The number of hydrogen-bond acceptors (Lipinski definition) is 14. The van der Waals surface area contributed by atoms with Gasteiger partial charge in [-0.15, -0.1) is 11.3 Å². The van der Waals surface area contributed by atoms with Crippen molar-refractivity contribution in [1.82, 2.24) is 15.3 Å². The topological polar surface area (TPSA) is 130 Å². The molecule has 13 aromatic rings. The van der Waals surface area contributed by atoms with Crippen LogP contribution >= 0.6 is 23.3 Å². The molecule has 0 spiro atoms. The lowest BCUT2D eigenvalue weighted by Gasteiger charge is -2.16. The Bertz CT molecular complexity index is 3840. The maximum absolute atomic E-state index is 5.30. The van der Waals surface area contributed by atoms with Gasteiger partial charge in [-0.25, -0.2) is 4.98 Å². The van der Waals surface area contributed by atoms with Crippen LogP contribution in [0.15, 0.2) is 283 Å². The Kier molecular flexibility index (Phi) is 146. The minimum Gasteiger partial charge on any atom is -0.493 e. The molecular formula is C136H229N5O7S2. The molecule has 11 heterocycles. The second-order valence-electron chi connectivity index (χ2n) is 26.1. The van der Waals surface area contributed by atoms with Crippen LogP contribution < -0.4 is 34.3 Å². The summed E-state index contributed by atoms with van der Waals surface area (Å²) in [6.07, 6.45) is 21.4. The Morgan fingerprint density at radius 2 is 0.660 bits per heavy atom. The second-order valence-corrected chi connectivity index (χ2v) is 27.9. The number of anilines is 2. The predicted molar refractivity (Wildman–Crippen MR) is 686 cm³/mol. The van der Waals surface area contributed by atoms with E-state index in [0.717, 1.165) is 86.1 Å². The SMILES string of the molecule is CC.CC.CC.CC.CC.CC.CC.CC.CC.CC.CC.CC.CC.CC.CC.CC.CC.CC.CC.CC.CC.CC.c1ccc2c(c1)CCC2.c1ccc2c(c1)CCCN2.c1ccc2c(c1)CCNC2.c1ccc2c(c1)CCO2.c1ccc2c(c1)CCOC2.c1ccc2c(c1)CCSN2.c1ccc2c(c1)COCO2.c1ccc2occc2c1.c1ccc2sccc2c1.c1cnc2c(c1)CCCC2.c1cnc2c(c1)OCCO2. The summed E-state index contributed by atoms with van der Waals surface area (Å²) in [7, 11) is 0. The van der Waals surface area contributed by atoms with E-state index in [2.05, 4.69) is 194 Å². The average molecular weight is 2110 g/mol. The quantitative estimate of drug-likeness (QED) is 0.125. The third-order valence-electron chi connectivity index (χ3n) is 18.8. The number of ether oxygens (including phenoxy) is 6. The van der Waals surface area contributed by atoms with Crippen LogP contribution in [0.5, 0.6) is 23.1 Å². The van der Waals surface area contributed by atoms with Gasteiger partial charge in [0.15, 0.2) is 12.5 Å². The van der Waals surface area contributed by atoms with Crippen LogP contribution in [0.25, 0.3) is 21.1 Å². The molecule has 4 aromatic heterocycles. The summed E-state index contributed by atoms with van der Waals surface area (Å²) in [4.78, 5) is 8.29. The lowest BCUT2D eigenvalue weighted by molar-refractivity contribution is -0.0163. The van der Waals surface area contributed by atoms with Gasteiger partial charge in [-0.3, -0.25) is 4.98 Å². The normalized spacial score (nSPS) is 11.3. The van der Waals surface area contributed by atoms with Crippen LogP contribution in [0.4, 0.5) is 11.4 Å². The van der Waals surface area contributed by atoms with Gasteiger partial charge in [0, 0.05) is 70.4 Å². The molecule has 12 nitrogen and oxygen atoms in total. The van der Waals surface area contributed by atoms with Crippen molar-refractivity contribution in [1.29, 1.82) is 0 Å². The molecule has 7 aliphatic heterocycles. The van der Waals surface area contributed by atoms with Gasteiger partial charge in [0.25, 0.3) is 5.88 Å². The molecule has 2 aliphatic carbocycles. The number of rotatable bonds is 0. The summed E-state index contributed by atoms with van der Waals surface area (Å²) in [5, 5.41) is 11.3. The molecule has 0 bridgehead atoms. The monoisotopic (exact) mass is 2110 g/mol. The summed E-state index contributed by atoms with van der Waals surface area (Å²) < 4.78 is 41.1. The molecule has 14 heteroatoms. The van der Waals surface area contributed by atoms with Crippen LogP contribution in [-0.4, -0.2) is 62.0 Å². The van der Waals surface area contributed by atoms with Crippen LogP contribution in [0.3, 0.4) is 0 Å². The van der Waals surface area contributed by atoms with Crippen molar-refractivity contribution in [3.05, 3.63) is 346 Å². The largest absolute Gasteiger partial charge is 0.493 e. The van der Waals surface area contributed by atoms with Crippen molar-refractivity contribution in [3.63, 3.8) is 0 Å². The zero-order valence-corrected chi connectivity index (χ0v) is 106. The van der Waals surface area contributed by atoms with E-state index in [1.807, 2.05) is 402 Å². The van der Waals surface area contributed by atoms with Gasteiger partial charge in [0.2, 0.25) is 0 Å². The van der Waals surface area contributed by atoms with Gasteiger partial charge in [0.1, 0.15) is 30.3 Å². The number of benzene rings is 9. The number of pyridine rings is 2. The van der Waals surface area contributed by atoms with Crippen LogP contribution in [0, 0.1) is 0 Å². The molecule has 852 valence electrons. The van der Waals surface area contributed by atoms with E-state index in [9.17, 15) is 0 Å². The number of para-hydroxylation sites is 5. The molecule has 9 aromatic carbocycles. The third-order valence-corrected chi connectivity index (χ3v) is 20.5. The summed E-state index contributed by atoms with van der Waals surface area (Å²) in [6, 6.07) is 87.3. The van der Waals surface area contributed by atoms with Crippen LogP contribution in [-0.2, 0) is 87.0 Å². The number of nitrogens with one attached hydrogen (secondary N) is 3. The number of aromatic nitrogens is 2. The minimum atomic E-state index is 0.386. The van der Waals surface area contributed by atoms with Crippen molar-refractivity contribution in [2.45, 2.75) is 408 Å². The lowest BCUT2D eigenvalue weighted by Crippen LogP contribution is -2.23. The summed E-state index contributed by atoms with van der Waals surface area (Å²) in [5.74, 6) is 4.56. The molecule has 0 fully saturated rings. The second kappa shape index (κ2) is 135. The first-order valence-electron chi connectivity index (χ1n) is 59.4. The first-order valence-corrected chi connectivity index (χ1v) is 61.2. The van der Waals surface area contributed by atoms with Crippen molar-refractivity contribution in [2.75, 3.05) is 62.1 Å². The van der Waals surface area contributed by atoms with E-state index in [0.29, 0.717) is 32.5 Å². The van der Waals surface area contributed by atoms with E-state index in [1.165, 1.54) is 148 Å². The third kappa shape index (κ3) is 76.3. The molecular weight excluding hydrogens is 1880 g/mol. The number of furan rings is 1. The average Bonchev–Trinajstić information content (AvgIpc) is 1.81. The first kappa shape index (κ1) is 162. The molecule has 0 amide bonds. The molecule has 0 unspecified atom stereocenters.